The third kappa shape index (κ3) is 5.53. The van der Waals surface area contributed by atoms with Crippen molar-refractivity contribution in [1.29, 1.82) is 0 Å². The zero-order valence-electron chi connectivity index (χ0n) is 36.9. The highest BCUT2D eigenvalue weighted by Gasteiger charge is 2.52. The summed E-state index contributed by atoms with van der Waals surface area (Å²) in [5, 5.41) is 5.82. The van der Waals surface area contributed by atoms with Gasteiger partial charge in [0, 0.05) is 26.7 Å². The highest BCUT2D eigenvalue weighted by molar-refractivity contribution is 7.82. The lowest BCUT2D eigenvalue weighted by Gasteiger charge is -2.31. The van der Waals surface area contributed by atoms with Gasteiger partial charge >= 0.3 is 0 Å². The fraction of sp³-hybridized carbons (Fsp3) is 0.0317. The normalized spacial score (nSPS) is 14.4. The van der Waals surface area contributed by atoms with Gasteiger partial charge in [-0.1, -0.05) is 195 Å². The number of nitrogens with zero attached hydrogens (tertiary/aromatic N) is 2. The second-order valence-corrected chi connectivity index (χ2v) is 20.5. The summed E-state index contributed by atoms with van der Waals surface area (Å²) in [4.78, 5) is 5.12. The molecule has 1 atom stereocenters. The molecule has 3 nitrogen and oxygen atoms in total. The first-order chi connectivity index (χ1) is 33.0. The maximum Gasteiger partial charge on any atom is 0.171 e. The molecule has 9 aromatic carbocycles. The Labute approximate surface area is 389 Å². The highest BCUT2D eigenvalue weighted by atomic mass is 31.2. The lowest BCUT2D eigenvalue weighted by molar-refractivity contribution is 0.591. The van der Waals surface area contributed by atoms with E-state index in [4.69, 9.17) is 4.98 Å². The van der Waals surface area contributed by atoms with E-state index in [0.717, 1.165) is 71.6 Å². The van der Waals surface area contributed by atoms with Crippen LogP contribution in [0.3, 0.4) is 0 Å². The quantitative estimate of drug-likeness (QED) is 0.0908. The topological polar surface area (TPSA) is 34.4 Å². The molecule has 0 fully saturated rings. The molecule has 13 rings (SSSR count). The number of fused-ring (bicyclic) bond motifs is 18. The third-order valence-corrected chi connectivity index (χ3v) is 17.5. The number of hydrogen-bond acceptors (Lipinski definition) is 2. The van der Waals surface area contributed by atoms with Gasteiger partial charge in [-0.05, 0) is 122 Å². The Balaban J connectivity index is 0.966. The number of hydrogen-bond donors (Lipinski definition) is 0. The van der Waals surface area contributed by atoms with E-state index in [2.05, 4.69) is 187 Å². The number of pyridine rings is 1. The molecule has 2 aliphatic rings. The van der Waals surface area contributed by atoms with Crippen LogP contribution in [0.5, 0.6) is 0 Å². The fourth-order valence-corrected chi connectivity index (χ4v) is 14.1. The van der Waals surface area contributed by atoms with Crippen molar-refractivity contribution in [2.75, 3.05) is 0 Å². The molecule has 67 heavy (non-hydrogen) atoms. The maximum atomic E-state index is 16.0. The molecule has 1 spiro atoms. The number of benzene rings is 9. The molecule has 0 bridgehead atoms. The summed E-state index contributed by atoms with van der Waals surface area (Å²) in [7, 11) is -3.36. The van der Waals surface area contributed by atoms with Crippen molar-refractivity contribution in [1.82, 2.24) is 9.38 Å². The minimum Gasteiger partial charge on any atom is -0.309 e. The van der Waals surface area contributed by atoms with Gasteiger partial charge in [0.2, 0.25) is 0 Å². The van der Waals surface area contributed by atoms with Crippen molar-refractivity contribution >= 4 is 56.1 Å². The smallest absolute Gasteiger partial charge is 0.171 e. The van der Waals surface area contributed by atoms with Crippen LogP contribution in [0.4, 0.5) is 0 Å². The predicted octanol–water partition coefficient (Wildman–Crippen LogP) is 15.4. The predicted molar refractivity (Wildman–Crippen MR) is 281 cm³/mol. The summed E-state index contributed by atoms with van der Waals surface area (Å²) in [6, 6.07) is 74.1. The molecule has 11 aromatic rings. The second kappa shape index (κ2) is 15.0. The first-order valence-electron chi connectivity index (χ1n) is 23.0. The molecular formula is C63H43N2OP. The lowest BCUT2D eigenvalue weighted by atomic mass is 9.70. The molecule has 0 aliphatic heterocycles. The largest absolute Gasteiger partial charge is 0.309 e. The summed E-state index contributed by atoms with van der Waals surface area (Å²) in [6.45, 7) is 6.17. The summed E-state index contributed by atoms with van der Waals surface area (Å²) < 4.78 is 18.3. The Morgan fingerprint density at radius 1 is 0.507 bits per heavy atom. The minimum atomic E-state index is -3.36. The summed E-state index contributed by atoms with van der Waals surface area (Å²) in [6.07, 6.45) is 7.65. The zero-order chi connectivity index (χ0) is 44.9. The summed E-state index contributed by atoms with van der Waals surface area (Å²) in [5.74, 6) is 0. The van der Waals surface area contributed by atoms with Crippen LogP contribution in [0.2, 0.25) is 0 Å². The van der Waals surface area contributed by atoms with Crippen molar-refractivity contribution < 1.29 is 4.57 Å². The Morgan fingerprint density at radius 2 is 1.07 bits per heavy atom. The average molecular weight is 875 g/mol. The molecule has 316 valence electrons. The van der Waals surface area contributed by atoms with Gasteiger partial charge in [-0.2, -0.15) is 0 Å². The minimum absolute atomic E-state index is 0.632. The summed E-state index contributed by atoms with van der Waals surface area (Å²) in [5.41, 5.74) is 17.9. The monoisotopic (exact) mass is 874 g/mol. The van der Waals surface area contributed by atoms with E-state index in [9.17, 15) is 0 Å². The van der Waals surface area contributed by atoms with Crippen LogP contribution in [0.15, 0.2) is 242 Å². The molecule has 0 N–H and O–H groups in total. The molecule has 2 heterocycles. The number of rotatable bonds is 7. The molecule has 0 radical (unpaired) electrons. The molecule has 0 saturated heterocycles. The first kappa shape index (κ1) is 39.3. The van der Waals surface area contributed by atoms with Crippen LogP contribution >= 0.6 is 7.14 Å². The Kier molecular flexibility index (Phi) is 8.78. The summed E-state index contributed by atoms with van der Waals surface area (Å²) >= 11 is 0. The van der Waals surface area contributed by atoms with Gasteiger partial charge in [0.05, 0.1) is 22.0 Å². The van der Waals surface area contributed by atoms with Gasteiger partial charge in [0.15, 0.2) is 7.14 Å². The van der Waals surface area contributed by atoms with Gasteiger partial charge in [-0.25, -0.2) is 4.98 Å². The van der Waals surface area contributed by atoms with E-state index in [1.54, 1.807) is 6.08 Å². The number of aromatic nitrogens is 2. The molecular weight excluding hydrogens is 832 g/mol. The number of para-hydroxylation sites is 3. The standard InChI is InChI=1S/C63H43N2OP/c1-3-5-17-45(4-2)67(66,46-18-7-6-8-19-46)47-34-37-51-50-35-32-44(39-57(50)63(58(51)40-47)55-23-12-9-20-48(55)49-21-10-13-24-56(49)63)42-30-28-41(29-31-42)43-33-36-53-54(38-43)52-22-11-15-26-60(52)65-61-27-16-14-25-59(61)64-62(53)65/h3-40H,2H2,1H3/b5-3-,45-17+. The van der Waals surface area contributed by atoms with E-state index in [1.807, 2.05) is 55.5 Å². The van der Waals surface area contributed by atoms with E-state index >= 15 is 4.57 Å². The molecule has 2 aromatic heterocycles. The van der Waals surface area contributed by atoms with Crippen molar-refractivity contribution in [3.05, 3.63) is 265 Å². The van der Waals surface area contributed by atoms with Gasteiger partial charge in [0.25, 0.3) is 0 Å². The fourth-order valence-electron chi connectivity index (χ4n) is 11.4. The number of imidazole rings is 1. The van der Waals surface area contributed by atoms with Crippen molar-refractivity contribution in [3.8, 4) is 44.5 Å². The first-order valence-corrected chi connectivity index (χ1v) is 24.7. The van der Waals surface area contributed by atoms with E-state index in [-0.39, 0.29) is 0 Å². The molecule has 4 heteroatoms. The highest BCUT2D eigenvalue weighted by Crippen LogP contribution is 2.64. The van der Waals surface area contributed by atoms with Crippen LogP contribution in [0, 0.1) is 0 Å². The second-order valence-electron chi connectivity index (χ2n) is 17.7. The Hall–Kier alpha value is -8.10. The van der Waals surface area contributed by atoms with Crippen molar-refractivity contribution in [2.24, 2.45) is 0 Å². The number of allylic oxidation sites excluding steroid dienone is 5. The van der Waals surface area contributed by atoms with Gasteiger partial charge in [-0.15, -0.1) is 0 Å². The third-order valence-electron chi connectivity index (χ3n) is 14.4. The van der Waals surface area contributed by atoms with E-state index < -0.39 is 12.6 Å². The van der Waals surface area contributed by atoms with Crippen LogP contribution in [0.1, 0.15) is 29.2 Å². The molecule has 0 saturated carbocycles. The molecule has 2 aliphatic carbocycles. The lowest BCUT2D eigenvalue weighted by Crippen LogP contribution is -2.27. The average Bonchev–Trinajstić information content (AvgIpc) is 4.03. The molecule has 1 unspecified atom stereocenters. The van der Waals surface area contributed by atoms with Gasteiger partial charge in [-0.3, -0.25) is 4.40 Å². The van der Waals surface area contributed by atoms with Crippen LogP contribution in [-0.4, -0.2) is 9.38 Å². The van der Waals surface area contributed by atoms with Crippen LogP contribution < -0.4 is 10.6 Å². The Bertz CT molecular complexity index is 3940. The van der Waals surface area contributed by atoms with Crippen LogP contribution in [0.25, 0.3) is 82.9 Å². The van der Waals surface area contributed by atoms with Crippen LogP contribution in [-0.2, 0) is 9.98 Å². The van der Waals surface area contributed by atoms with E-state index in [1.165, 1.54) is 44.2 Å². The Morgan fingerprint density at radius 3 is 1.79 bits per heavy atom. The molecule has 0 amide bonds. The van der Waals surface area contributed by atoms with Crippen molar-refractivity contribution in [3.63, 3.8) is 0 Å². The van der Waals surface area contributed by atoms with Crippen molar-refractivity contribution in [2.45, 2.75) is 12.3 Å². The van der Waals surface area contributed by atoms with Gasteiger partial charge in [0.1, 0.15) is 5.65 Å². The SMILES string of the molecule is C=C/C(=C\C=C/C)P(=O)(c1ccccc1)c1ccc2c(c1)C1(c3ccccc3-c3ccccc31)c1cc(-c3ccc(-c4ccc5c(c4)c4ccccc4n4c6ccccc6nc54)cc3)ccc1-2. The van der Waals surface area contributed by atoms with Gasteiger partial charge < -0.3 is 4.57 Å². The zero-order valence-corrected chi connectivity index (χ0v) is 37.8. The maximum absolute atomic E-state index is 16.0. The van der Waals surface area contributed by atoms with E-state index in [0.29, 0.717) is 5.31 Å².